The zero-order chi connectivity index (χ0) is 36.7. The highest BCUT2D eigenvalue weighted by atomic mass is 16.3. The van der Waals surface area contributed by atoms with Crippen LogP contribution in [0.15, 0.2) is 192 Å². The second kappa shape index (κ2) is 11.9. The van der Waals surface area contributed by atoms with Crippen molar-refractivity contribution in [1.82, 2.24) is 23.9 Å². The van der Waals surface area contributed by atoms with Gasteiger partial charge in [-0.25, -0.2) is 0 Å². The lowest BCUT2D eigenvalue weighted by molar-refractivity contribution is 0.673. The van der Waals surface area contributed by atoms with Crippen molar-refractivity contribution in [3.05, 3.63) is 188 Å². The molecule has 0 aliphatic rings. The molecule has 0 unspecified atom stereocenters. The van der Waals surface area contributed by atoms with Crippen LogP contribution in [0.2, 0.25) is 0 Å². The monoisotopic (exact) mass is 717 g/mol. The molecule has 0 saturated carbocycles. The molecule has 0 amide bonds. The van der Waals surface area contributed by atoms with Gasteiger partial charge in [0.2, 0.25) is 0 Å². The van der Waals surface area contributed by atoms with E-state index in [2.05, 4.69) is 159 Å². The summed E-state index contributed by atoms with van der Waals surface area (Å²) in [6.45, 7) is 0. The van der Waals surface area contributed by atoms with Crippen molar-refractivity contribution < 1.29 is 4.42 Å². The van der Waals surface area contributed by atoms with Crippen LogP contribution >= 0.6 is 0 Å². The predicted molar refractivity (Wildman–Crippen MR) is 228 cm³/mol. The molecule has 0 aliphatic heterocycles. The molecule has 8 aromatic carbocycles. The van der Waals surface area contributed by atoms with Crippen LogP contribution < -0.4 is 0 Å². The van der Waals surface area contributed by atoms with Crippen LogP contribution in [0.4, 0.5) is 0 Å². The van der Waals surface area contributed by atoms with Crippen molar-refractivity contribution in [3.8, 4) is 39.8 Å². The molecule has 12 aromatic rings. The Balaban J connectivity index is 1.15. The molecule has 0 spiro atoms. The van der Waals surface area contributed by atoms with Crippen LogP contribution in [0.1, 0.15) is 0 Å². The lowest BCUT2D eigenvalue weighted by atomic mass is 10.1. The van der Waals surface area contributed by atoms with Crippen LogP contribution in [0.3, 0.4) is 0 Å². The van der Waals surface area contributed by atoms with E-state index in [1.165, 1.54) is 10.8 Å². The molecule has 0 saturated heterocycles. The highest BCUT2D eigenvalue weighted by Crippen LogP contribution is 2.43. The van der Waals surface area contributed by atoms with Gasteiger partial charge in [0, 0.05) is 38.1 Å². The summed E-state index contributed by atoms with van der Waals surface area (Å²) < 4.78 is 13.6. The Morgan fingerprint density at radius 2 is 0.875 bits per heavy atom. The molecule has 0 fully saturated rings. The van der Waals surface area contributed by atoms with Gasteiger partial charge in [0.15, 0.2) is 11.6 Å². The van der Waals surface area contributed by atoms with Crippen LogP contribution in [-0.2, 0) is 0 Å². The van der Waals surface area contributed by atoms with E-state index in [0.717, 1.165) is 94.6 Å². The third-order valence-corrected chi connectivity index (χ3v) is 11.2. The second-order valence-corrected chi connectivity index (χ2v) is 14.2. The van der Waals surface area contributed by atoms with E-state index in [1.54, 1.807) is 0 Å². The predicted octanol–water partition coefficient (Wildman–Crippen LogP) is 12.7. The summed E-state index contributed by atoms with van der Waals surface area (Å²) in [4.78, 5) is 0. The molecule has 12 rings (SSSR count). The topological polar surface area (TPSA) is 53.7 Å². The fourth-order valence-electron chi connectivity index (χ4n) is 8.77. The van der Waals surface area contributed by atoms with Crippen molar-refractivity contribution in [2.45, 2.75) is 0 Å². The Labute approximate surface area is 320 Å². The number of hydrogen-bond donors (Lipinski definition) is 0. The largest absolute Gasteiger partial charge is 0.455 e. The Morgan fingerprint density at radius 3 is 1.57 bits per heavy atom. The number of furan rings is 1. The highest BCUT2D eigenvalue weighted by molar-refractivity contribution is 6.24. The van der Waals surface area contributed by atoms with Crippen molar-refractivity contribution in [2.24, 2.45) is 0 Å². The summed E-state index contributed by atoms with van der Waals surface area (Å²) in [5, 5.41) is 16.4. The van der Waals surface area contributed by atoms with Gasteiger partial charge in [-0.05, 0) is 54.6 Å². The lowest BCUT2D eigenvalue weighted by Crippen LogP contribution is -2.04. The highest BCUT2D eigenvalue weighted by Gasteiger charge is 2.23. The summed E-state index contributed by atoms with van der Waals surface area (Å²) in [6, 6.07) is 66.2. The van der Waals surface area contributed by atoms with Crippen molar-refractivity contribution >= 4 is 65.6 Å². The van der Waals surface area contributed by atoms with Gasteiger partial charge < -0.3 is 13.6 Å². The van der Waals surface area contributed by atoms with E-state index in [4.69, 9.17) is 14.6 Å². The molecule has 0 atom stereocenters. The van der Waals surface area contributed by atoms with Gasteiger partial charge in [-0.15, -0.1) is 10.2 Å². The number of hydrogen-bond acceptors (Lipinski definition) is 3. The van der Waals surface area contributed by atoms with Crippen molar-refractivity contribution in [3.63, 3.8) is 0 Å². The fourth-order valence-corrected chi connectivity index (χ4v) is 8.77. The zero-order valence-corrected chi connectivity index (χ0v) is 30.0. The Morgan fingerprint density at radius 1 is 0.357 bits per heavy atom. The fraction of sp³-hybridized carbons (Fsp3) is 0. The maximum Gasteiger partial charge on any atom is 0.168 e. The first-order chi connectivity index (χ1) is 27.8. The first-order valence-corrected chi connectivity index (χ1v) is 18.8. The van der Waals surface area contributed by atoms with Crippen LogP contribution in [0.25, 0.3) is 105 Å². The maximum absolute atomic E-state index is 6.64. The van der Waals surface area contributed by atoms with Gasteiger partial charge in [-0.1, -0.05) is 133 Å². The summed E-state index contributed by atoms with van der Waals surface area (Å²) in [5.74, 6) is 1.57. The van der Waals surface area contributed by atoms with Gasteiger partial charge >= 0.3 is 0 Å². The minimum Gasteiger partial charge on any atom is -0.455 e. The third-order valence-electron chi connectivity index (χ3n) is 11.2. The molecular formula is C50H31N5O. The number of aromatic nitrogens is 5. The van der Waals surface area contributed by atoms with Crippen LogP contribution in [0, 0.1) is 0 Å². The standard InChI is InChI=1S/C50H31N5O/c1-3-15-32(16-4-1)49-51-52-50(33-17-5-2-6-18-33)53(49)34-27-28-36-35-19-7-10-22-40(35)55(45(36)31-34)43-25-13-12-24-42(43)54-41-23-11-8-21-39(41)47-44(54)30-29-38-37-20-9-14-26-46(37)56-48(38)47/h1-31H. The van der Waals surface area contributed by atoms with Crippen LogP contribution in [-0.4, -0.2) is 23.9 Å². The minimum atomic E-state index is 0.786. The first-order valence-electron chi connectivity index (χ1n) is 18.8. The quantitative estimate of drug-likeness (QED) is 0.178. The number of para-hydroxylation sites is 5. The summed E-state index contributed by atoms with van der Waals surface area (Å²) >= 11 is 0. The molecule has 262 valence electrons. The van der Waals surface area contributed by atoms with Gasteiger partial charge in [0.1, 0.15) is 11.2 Å². The number of rotatable bonds is 5. The zero-order valence-electron chi connectivity index (χ0n) is 30.0. The molecule has 56 heavy (non-hydrogen) atoms. The van der Waals surface area contributed by atoms with E-state index in [0.29, 0.717) is 0 Å². The lowest BCUT2D eigenvalue weighted by Gasteiger charge is -2.17. The maximum atomic E-state index is 6.64. The van der Waals surface area contributed by atoms with Gasteiger partial charge in [0.05, 0.1) is 44.5 Å². The van der Waals surface area contributed by atoms with E-state index in [9.17, 15) is 0 Å². The Hall–Kier alpha value is -7.70. The number of benzene rings is 8. The second-order valence-electron chi connectivity index (χ2n) is 14.2. The van der Waals surface area contributed by atoms with Gasteiger partial charge in [-0.2, -0.15) is 0 Å². The number of nitrogens with zero attached hydrogens (tertiary/aromatic N) is 5. The molecule has 4 heterocycles. The molecule has 4 aromatic heterocycles. The van der Waals surface area contributed by atoms with Crippen LogP contribution in [0.5, 0.6) is 0 Å². The molecule has 0 aliphatic carbocycles. The average molecular weight is 718 g/mol. The van der Waals surface area contributed by atoms with E-state index in [-0.39, 0.29) is 0 Å². The average Bonchev–Trinajstić information content (AvgIpc) is 4.03. The molecule has 0 radical (unpaired) electrons. The molecule has 6 heteroatoms. The van der Waals surface area contributed by atoms with Gasteiger partial charge in [-0.3, -0.25) is 4.57 Å². The van der Waals surface area contributed by atoms with E-state index in [1.807, 2.05) is 42.5 Å². The minimum absolute atomic E-state index is 0.786. The summed E-state index contributed by atoms with van der Waals surface area (Å²) in [6.07, 6.45) is 0. The van der Waals surface area contributed by atoms with Crippen molar-refractivity contribution in [1.29, 1.82) is 0 Å². The third kappa shape index (κ3) is 4.38. The van der Waals surface area contributed by atoms with Gasteiger partial charge in [0.25, 0.3) is 0 Å². The SMILES string of the molecule is c1ccc(-c2nnc(-c3ccccc3)n2-c2ccc3c4ccccc4n(-c4ccccc4-n4c5ccccc5c5c6oc7ccccc7c6ccc54)c3c2)cc1. The van der Waals surface area contributed by atoms with E-state index >= 15 is 0 Å². The summed E-state index contributed by atoms with van der Waals surface area (Å²) in [5.41, 5.74) is 11.3. The normalized spacial score (nSPS) is 11.9. The first kappa shape index (κ1) is 30.7. The van der Waals surface area contributed by atoms with E-state index < -0.39 is 0 Å². The molecule has 0 bridgehead atoms. The molecule has 0 N–H and O–H groups in total. The Kier molecular flexibility index (Phi) is 6.53. The molecule has 6 nitrogen and oxygen atoms in total. The smallest absolute Gasteiger partial charge is 0.168 e. The number of fused-ring (bicyclic) bond motifs is 10. The Bertz CT molecular complexity index is 3420. The molecular weight excluding hydrogens is 687 g/mol. The van der Waals surface area contributed by atoms with Crippen molar-refractivity contribution in [2.75, 3.05) is 0 Å². The summed E-state index contributed by atoms with van der Waals surface area (Å²) in [7, 11) is 0.